The monoisotopic (exact) mass is 457 g/mol. The molecule has 0 radical (unpaired) electrons. The molecule has 3 aromatic carbocycles. The molecular formula is C19H12BrN3O6. The summed E-state index contributed by atoms with van der Waals surface area (Å²) in [6, 6.07) is 16.5. The number of hydrogen-bond donors (Lipinski definition) is 1. The topological polar surface area (TPSA) is 125 Å². The molecule has 0 atom stereocenters. The van der Waals surface area contributed by atoms with Crippen LogP contribution < -0.4 is 10.1 Å². The van der Waals surface area contributed by atoms with Gasteiger partial charge in [0.25, 0.3) is 17.3 Å². The minimum Gasteiger partial charge on any atom is -0.457 e. The molecule has 0 unspecified atom stereocenters. The van der Waals surface area contributed by atoms with Gasteiger partial charge >= 0.3 is 0 Å². The Morgan fingerprint density at radius 3 is 2.00 bits per heavy atom. The number of non-ortho nitro benzene ring substituents is 1. The van der Waals surface area contributed by atoms with Crippen LogP contribution in [-0.2, 0) is 0 Å². The van der Waals surface area contributed by atoms with Crippen LogP contribution in [0.25, 0.3) is 0 Å². The van der Waals surface area contributed by atoms with Crippen LogP contribution in [0, 0.1) is 20.2 Å². The lowest BCUT2D eigenvalue weighted by atomic mass is 10.1. The number of nitrogens with zero attached hydrogens (tertiary/aromatic N) is 2. The number of nitro benzene ring substituents is 2. The molecule has 10 heteroatoms. The summed E-state index contributed by atoms with van der Waals surface area (Å²) in [5.74, 6) is 0.409. The average molecular weight is 458 g/mol. The van der Waals surface area contributed by atoms with Crippen LogP contribution in [0.1, 0.15) is 10.4 Å². The van der Waals surface area contributed by atoms with Gasteiger partial charge in [0.15, 0.2) is 0 Å². The first-order chi connectivity index (χ1) is 13.8. The number of ether oxygens (including phenoxy) is 1. The number of carbonyl (C=O) groups is 1. The van der Waals surface area contributed by atoms with E-state index in [0.29, 0.717) is 17.2 Å². The van der Waals surface area contributed by atoms with E-state index in [2.05, 4.69) is 21.2 Å². The minimum atomic E-state index is -0.836. The molecule has 0 aromatic heterocycles. The van der Waals surface area contributed by atoms with E-state index in [4.69, 9.17) is 4.74 Å². The lowest BCUT2D eigenvalue weighted by Gasteiger charge is -2.08. The van der Waals surface area contributed by atoms with Gasteiger partial charge in [-0.1, -0.05) is 15.9 Å². The number of halogens is 1. The standard InChI is InChI=1S/C19H12BrN3O6/c20-12-1-6-15(7-2-12)29-16-8-3-13(4-9-16)21-19(24)17-10-5-14(22(25)26)11-18(17)23(27)28/h1-11H,(H,21,24). The number of nitro groups is 2. The number of rotatable bonds is 6. The first-order valence-electron chi connectivity index (χ1n) is 8.11. The molecule has 1 N–H and O–H groups in total. The van der Waals surface area contributed by atoms with Crippen molar-refractivity contribution in [3.05, 3.63) is 97.0 Å². The normalized spacial score (nSPS) is 10.2. The van der Waals surface area contributed by atoms with Gasteiger partial charge in [-0.05, 0) is 54.6 Å². The van der Waals surface area contributed by atoms with Gasteiger partial charge in [-0.2, -0.15) is 0 Å². The van der Waals surface area contributed by atoms with E-state index in [1.165, 1.54) is 0 Å². The molecule has 0 aliphatic heterocycles. The van der Waals surface area contributed by atoms with Crippen molar-refractivity contribution in [2.45, 2.75) is 0 Å². The molecule has 146 valence electrons. The van der Waals surface area contributed by atoms with Crippen LogP contribution in [0.15, 0.2) is 71.2 Å². The third kappa shape index (κ3) is 4.93. The fourth-order valence-corrected chi connectivity index (χ4v) is 2.68. The smallest absolute Gasteiger partial charge is 0.289 e. The number of amides is 1. The minimum absolute atomic E-state index is 0.282. The summed E-state index contributed by atoms with van der Waals surface area (Å²) in [6.07, 6.45) is 0. The van der Waals surface area contributed by atoms with Crippen molar-refractivity contribution < 1.29 is 19.4 Å². The number of hydrogen-bond acceptors (Lipinski definition) is 6. The number of anilines is 1. The van der Waals surface area contributed by atoms with E-state index in [1.54, 1.807) is 36.4 Å². The van der Waals surface area contributed by atoms with E-state index < -0.39 is 27.1 Å². The summed E-state index contributed by atoms with van der Waals surface area (Å²) in [4.78, 5) is 32.8. The summed E-state index contributed by atoms with van der Waals surface area (Å²) in [7, 11) is 0. The molecule has 0 saturated carbocycles. The Balaban J connectivity index is 1.74. The highest BCUT2D eigenvalue weighted by Gasteiger charge is 2.24. The van der Waals surface area contributed by atoms with E-state index in [1.807, 2.05) is 12.1 Å². The molecule has 3 aromatic rings. The average Bonchev–Trinajstić information content (AvgIpc) is 2.70. The molecular weight excluding hydrogens is 446 g/mol. The third-order valence-corrected chi connectivity index (χ3v) is 4.32. The Kier molecular flexibility index (Phi) is 5.84. The maximum atomic E-state index is 12.4. The van der Waals surface area contributed by atoms with Gasteiger partial charge in [0.2, 0.25) is 0 Å². The van der Waals surface area contributed by atoms with Crippen LogP contribution in [0.4, 0.5) is 17.1 Å². The summed E-state index contributed by atoms with van der Waals surface area (Å²) >= 11 is 3.34. The van der Waals surface area contributed by atoms with Crippen molar-refractivity contribution in [1.82, 2.24) is 0 Å². The SMILES string of the molecule is O=C(Nc1ccc(Oc2ccc(Br)cc2)cc1)c1ccc([N+](=O)[O-])cc1[N+](=O)[O-]. The Labute approximate surface area is 172 Å². The van der Waals surface area contributed by atoms with E-state index in [0.717, 1.165) is 22.7 Å². The van der Waals surface area contributed by atoms with Crippen LogP contribution in [0.3, 0.4) is 0 Å². The number of benzene rings is 3. The fourth-order valence-electron chi connectivity index (χ4n) is 2.42. The zero-order valence-corrected chi connectivity index (χ0v) is 16.2. The van der Waals surface area contributed by atoms with E-state index >= 15 is 0 Å². The molecule has 1 amide bonds. The van der Waals surface area contributed by atoms with Gasteiger partial charge in [0, 0.05) is 16.2 Å². The highest BCUT2D eigenvalue weighted by molar-refractivity contribution is 9.10. The molecule has 0 spiro atoms. The molecule has 29 heavy (non-hydrogen) atoms. The van der Waals surface area contributed by atoms with Gasteiger partial charge in [0.05, 0.1) is 15.9 Å². The number of nitrogens with one attached hydrogen (secondary N) is 1. The van der Waals surface area contributed by atoms with Gasteiger partial charge in [-0.15, -0.1) is 0 Å². The highest BCUT2D eigenvalue weighted by Crippen LogP contribution is 2.27. The van der Waals surface area contributed by atoms with Crippen molar-refractivity contribution in [3.63, 3.8) is 0 Å². The van der Waals surface area contributed by atoms with Crippen molar-refractivity contribution in [2.24, 2.45) is 0 Å². The van der Waals surface area contributed by atoms with E-state index in [-0.39, 0.29) is 5.56 Å². The third-order valence-electron chi connectivity index (χ3n) is 3.79. The second kappa shape index (κ2) is 8.48. The molecule has 0 fully saturated rings. The van der Waals surface area contributed by atoms with Crippen LogP contribution in [0.5, 0.6) is 11.5 Å². The molecule has 9 nitrogen and oxygen atoms in total. The highest BCUT2D eigenvalue weighted by atomic mass is 79.9. The lowest BCUT2D eigenvalue weighted by molar-refractivity contribution is -0.394. The zero-order chi connectivity index (χ0) is 21.0. The van der Waals surface area contributed by atoms with Gasteiger partial charge in [0.1, 0.15) is 17.1 Å². The number of carbonyl (C=O) groups excluding carboxylic acids is 1. The predicted molar refractivity (Wildman–Crippen MR) is 108 cm³/mol. The summed E-state index contributed by atoms with van der Waals surface area (Å²) in [5, 5.41) is 24.5. The first-order valence-corrected chi connectivity index (χ1v) is 8.90. The molecule has 0 aliphatic rings. The largest absolute Gasteiger partial charge is 0.457 e. The van der Waals surface area contributed by atoms with Crippen molar-refractivity contribution >= 4 is 38.9 Å². The summed E-state index contributed by atoms with van der Waals surface area (Å²) in [5.41, 5.74) is -1.02. The zero-order valence-electron chi connectivity index (χ0n) is 14.6. The van der Waals surface area contributed by atoms with Crippen LogP contribution >= 0.6 is 15.9 Å². The van der Waals surface area contributed by atoms with Gasteiger partial charge < -0.3 is 10.1 Å². The fraction of sp³-hybridized carbons (Fsp3) is 0. The van der Waals surface area contributed by atoms with Crippen molar-refractivity contribution in [2.75, 3.05) is 5.32 Å². The second-order valence-electron chi connectivity index (χ2n) is 5.75. The van der Waals surface area contributed by atoms with Gasteiger partial charge in [-0.3, -0.25) is 25.0 Å². The molecule has 0 saturated heterocycles. The Morgan fingerprint density at radius 1 is 0.862 bits per heavy atom. The summed E-state index contributed by atoms with van der Waals surface area (Å²) < 4.78 is 6.60. The van der Waals surface area contributed by atoms with E-state index in [9.17, 15) is 25.0 Å². The Hall–Kier alpha value is -3.79. The van der Waals surface area contributed by atoms with Crippen LogP contribution in [0.2, 0.25) is 0 Å². The molecule has 0 aliphatic carbocycles. The maximum absolute atomic E-state index is 12.4. The van der Waals surface area contributed by atoms with Crippen molar-refractivity contribution in [3.8, 4) is 11.5 Å². The van der Waals surface area contributed by atoms with Crippen molar-refractivity contribution in [1.29, 1.82) is 0 Å². The Morgan fingerprint density at radius 2 is 1.45 bits per heavy atom. The lowest BCUT2D eigenvalue weighted by Crippen LogP contribution is -2.14. The Bertz CT molecular complexity index is 1080. The second-order valence-corrected chi connectivity index (χ2v) is 6.67. The predicted octanol–water partition coefficient (Wildman–Crippen LogP) is 5.31. The van der Waals surface area contributed by atoms with Gasteiger partial charge in [-0.25, -0.2) is 0 Å². The maximum Gasteiger partial charge on any atom is 0.289 e. The molecule has 0 heterocycles. The van der Waals surface area contributed by atoms with Crippen LogP contribution in [-0.4, -0.2) is 15.8 Å². The molecule has 3 rings (SSSR count). The first kappa shape index (κ1) is 20.0. The molecule has 0 bridgehead atoms. The summed E-state index contributed by atoms with van der Waals surface area (Å²) in [6.45, 7) is 0. The quantitative estimate of drug-likeness (QED) is 0.394.